The highest BCUT2D eigenvalue weighted by molar-refractivity contribution is 8.01. The lowest BCUT2D eigenvalue weighted by molar-refractivity contribution is 0.256. The number of nitrogens with zero attached hydrogens (tertiary/aromatic N) is 1. The minimum atomic E-state index is -4.63. The van der Waals surface area contributed by atoms with Crippen LogP contribution < -0.4 is 21.5 Å². The predicted octanol–water partition coefficient (Wildman–Crippen LogP) is -0.307. The van der Waals surface area contributed by atoms with Gasteiger partial charge in [-0.15, -0.1) is 0 Å². The number of nitrogens with two attached hydrogens (primary N) is 1. The fourth-order valence-corrected chi connectivity index (χ4v) is 1.80. The van der Waals surface area contributed by atoms with Crippen LogP contribution in [-0.2, 0) is 10.1 Å². The molecule has 1 aliphatic rings. The number of benzene rings is 1. The number of carbonyl (C=O) groups excluding carboxylic acids is 1. The molecule has 1 fully saturated rings. The van der Waals surface area contributed by atoms with Gasteiger partial charge >= 0.3 is 15.4 Å². The number of carbonyl (C=O) groups is 1. The van der Waals surface area contributed by atoms with E-state index in [2.05, 4.69) is 16.1 Å². The second-order valence-corrected chi connectivity index (χ2v) is 5.44. The topological polar surface area (TPSA) is 125 Å². The van der Waals surface area contributed by atoms with Gasteiger partial charge in [0.1, 0.15) is 5.82 Å². The Balaban J connectivity index is 0.000000240. The number of anilines is 1. The number of hydrogen-bond donors (Lipinski definition) is 4. The monoisotopic (exact) mass is 320 g/mol. The van der Waals surface area contributed by atoms with Crippen molar-refractivity contribution < 1.29 is 22.2 Å². The van der Waals surface area contributed by atoms with Crippen LogP contribution in [0.2, 0.25) is 0 Å². The van der Waals surface area contributed by atoms with Gasteiger partial charge in [0.2, 0.25) is 0 Å². The molecule has 1 saturated heterocycles. The molecule has 2 rings (SSSR count). The third-order valence-corrected chi connectivity index (χ3v) is 3.25. The maximum Gasteiger partial charge on any atom is 0.377 e. The van der Waals surface area contributed by atoms with Crippen molar-refractivity contribution in [3.8, 4) is 0 Å². The van der Waals surface area contributed by atoms with Gasteiger partial charge in [-0.2, -0.15) is 8.42 Å². The molecule has 10 heteroatoms. The van der Waals surface area contributed by atoms with E-state index in [0.29, 0.717) is 0 Å². The van der Waals surface area contributed by atoms with Gasteiger partial charge in [0.25, 0.3) is 0 Å². The molecule has 0 atom stereocenters. The average Bonchev–Trinajstić information content (AvgIpc) is 2.48. The van der Waals surface area contributed by atoms with E-state index < -0.39 is 15.4 Å². The van der Waals surface area contributed by atoms with Crippen molar-refractivity contribution in [1.82, 2.24) is 10.7 Å². The average molecular weight is 320 g/mol. The third kappa shape index (κ3) is 6.04. The van der Waals surface area contributed by atoms with Crippen LogP contribution in [0.15, 0.2) is 24.3 Å². The summed E-state index contributed by atoms with van der Waals surface area (Å²) in [5.41, 5.74) is 2.34. The Morgan fingerprint density at radius 1 is 1.29 bits per heavy atom. The Kier molecular flexibility index (Phi) is 6.49. The number of piperazine rings is 1. The molecule has 0 radical (unpaired) electrons. The molecule has 8 nitrogen and oxygen atoms in total. The number of nitrogens with one attached hydrogen (secondary N) is 2. The van der Waals surface area contributed by atoms with Crippen LogP contribution in [0.4, 0.5) is 14.9 Å². The second-order valence-electron chi connectivity index (χ2n) is 4.12. The zero-order chi connectivity index (χ0) is 15.9. The molecular weight excluding hydrogens is 303 g/mol. The zero-order valence-corrected chi connectivity index (χ0v) is 11.9. The molecule has 0 aromatic heterocycles. The molecule has 1 amide bonds. The first kappa shape index (κ1) is 17.3. The van der Waals surface area contributed by atoms with Gasteiger partial charge < -0.3 is 10.2 Å². The van der Waals surface area contributed by atoms with E-state index in [1.807, 2.05) is 12.1 Å². The molecule has 0 spiro atoms. The minimum Gasteiger partial charge on any atom is -0.369 e. The summed E-state index contributed by atoms with van der Waals surface area (Å²) in [7, 11) is -4.63. The molecule has 0 bridgehead atoms. The van der Waals surface area contributed by atoms with Crippen molar-refractivity contribution in [2.75, 3.05) is 31.1 Å². The first-order valence-electron chi connectivity index (χ1n) is 6.04. The number of halogens is 1. The fourth-order valence-electron chi connectivity index (χ4n) is 1.65. The molecule has 1 aromatic rings. The highest BCUT2D eigenvalue weighted by Gasteiger charge is 2.14. The molecule has 1 aromatic carbocycles. The van der Waals surface area contributed by atoms with Crippen LogP contribution in [0.5, 0.6) is 0 Å². The van der Waals surface area contributed by atoms with Crippen molar-refractivity contribution in [2.24, 2.45) is 5.84 Å². The molecule has 0 saturated carbocycles. The van der Waals surface area contributed by atoms with E-state index in [1.165, 1.54) is 17.6 Å². The van der Waals surface area contributed by atoms with E-state index in [1.54, 1.807) is 0 Å². The lowest BCUT2D eigenvalue weighted by Gasteiger charge is -2.29. The molecule has 118 valence electrons. The normalized spacial score (nSPS) is 14.9. The number of rotatable bonds is 1. The predicted molar refractivity (Wildman–Crippen MR) is 75.8 cm³/mol. The Bertz CT molecular complexity index is 558. The van der Waals surface area contributed by atoms with Gasteiger partial charge in [-0.3, -0.25) is 14.8 Å². The van der Waals surface area contributed by atoms with E-state index in [4.69, 9.17) is 4.55 Å². The maximum atomic E-state index is 12.6. The number of hydrogen-bond acceptors (Lipinski definition) is 6. The fraction of sp³-hybridized carbons (Fsp3) is 0.364. The summed E-state index contributed by atoms with van der Waals surface area (Å²) in [5.74, 6) is 4.15. The Morgan fingerprint density at radius 3 is 2.19 bits per heavy atom. The van der Waals surface area contributed by atoms with Crippen LogP contribution in [-0.4, -0.2) is 44.4 Å². The van der Waals surface area contributed by atoms with Crippen LogP contribution in [0, 0.1) is 5.82 Å². The van der Waals surface area contributed by atoms with Crippen molar-refractivity contribution >= 4 is 21.0 Å². The zero-order valence-electron chi connectivity index (χ0n) is 11.1. The van der Waals surface area contributed by atoms with Crippen molar-refractivity contribution in [3.05, 3.63) is 30.1 Å². The van der Waals surface area contributed by atoms with E-state index in [0.717, 1.165) is 31.9 Å². The number of amides is 1. The van der Waals surface area contributed by atoms with E-state index >= 15 is 0 Å². The van der Waals surface area contributed by atoms with E-state index in [-0.39, 0.29) is 5.82 Å². The van der Waals surface area contributed by atoms with Crippen LogP contribution in [0.25, 0.3) is 0 Å². The summed E-state index contributed by atoms with van der Waals surface area (Å²) >= 11 is 0. The summed E-state index contributed by atoms with van der Waals surface area (Å²) in [6.45, 7) is 4.03. The Labute approximate surface area is 121 Å². The highest BCUT2D eigenvalue weighted by atomic mass is 32.2. The van der Waals surface area contributed by atoms with Gasteiger partial charge in [0, 0.05) is 31.9 Å². The molecule has 5 N–H and O–H groups in total. The van der Waals surface area contributed by atoms with Crippen molar-refractivity contribution in [3.63, 3.8) is 0 Å². The van der Waals surface area contributed by atoms with Crippen molar-refractivity contribution in [2.45, 2.75) is 0 Å². The standard InChI is InChI=1S/C10H13FN2.CH4N2O4S/c11-9-1-3-10(4-2-9)13-7-5-12-6-8-13;2-3-1(4)8(5,6)7/h1-4,12H,5-8H2;2H2,(H,3,4)(H,5,6,7). The first-order valence-corrected chi connectivity index (χ1v) is 7.48. The molecule has 1 heterocycles. The SMILES string of the molecule is Fc1ccc(N2CCNCC2)cc1.NNC(=O)S(=O)(=O)O. The Hall–Kier alpha value is -1.75. The molecule has 0 aliphatic carbocycles. The third-order valence-electron chi connectivity index (χ3n) is 2.66. The van der Waals surface area contributed by atoms with Crippen LogP contribution in [0.1, 0.15) is 0 Å². The smallest absolute Gasteiger partial charge is 0.369 e. The van der Waals surface area contributed by atoms with E-state index in [9.17, 15) is 17.6 Å². The molecule has 21 heavy (non-hydrogen) atoms. The highest BCUT2D eigenvalue weighted by Crippen LogP contribution is 2.14. The summed E-state index contributed by atoms with van der Waals surface area (Å²) < 4.78 is 39.6. The summed E-state index contributed by atoms with van der Waals surface area (Å²) in [6, 6.07) is 6.69. The van der Waals surface area contributed by atoms with Gasteiger partial charge in [-0.05, 0) is 24.3 Å². The molecule has 1 aliphatic heterocycles. The second kappa shape index (κ2) is 7.88. The molecular formula is C11H17FN4O4S. The number of hydrazine groups is 1. The van der Waals surface area contributed by atoms with Crippen molar-refractivity contribution in [1.29, 1.82) is 0 Å². The minimum absolute atomic E-state index is 0.168. The molecule has 0 unspecified atom stereocenters. The van der Waals surface area contributed by atoms with Crippen LogP contribution in [0.3, 0.4) is 0 Å². The lowest BCUT2D eigenvalue weighted by atomic mass is 10.2. The summed E-state index contributed by atoms with van der Waals surface area (Å²) in [4.78, 5) is 12.0. The van der Waals surface area contributed by atoms with Gasteiger partial charge in [-0.1, -0.05) is 0 Å². The summed E-state index contributed by atoms with van der Waals surface area (Å²) in [6.07, 6.45) is 0. The largest absolute Gasteiger partial charge is 0.377 e. The lowest BCUT2D eigenvalue weighted by Crippen LogP contribution is -2.43. The van der Waals surface area contributed by atoms with Gasteiger partial charge in [0.15, 0.2) is 0 Å². The quantitative estimate of drug-likeness (QED) is 0.242. The van der Waals surface area contributed by atoms with Gasteiger partial charge in [-0.25, -0.2) is 10.2 Å². The van der Waals surface area contributed by atoms with Crippen LogP contribution >= 0.6 is 0 Å². The summed E-state index contributed by atoms with van der Waals surface area (Å²) in [5, 5.41) is 1.67. The van der Waals surface area contributed by atoms with Gasteiger partial charge in [0.05, 0.1) is 0 Å². The first-order chi connectivity index (χ1) is 9.84. The maximum absolute atomic E-state index is 12.6. The Morgan fingerprint density at radius 2 is 1.81 bits per heavy atom.